The lowest BCUT2D eigenvalue weighted by Crippen LogP contribution is -2.28. The van der Waals surface area contributed by atoms with E-state index in [1.807, 2.05) is 30.3 Å². The van der Waals surface area contributed by atoms with Crippen LogP contribution in [0.3, 0.4) is 0 Å². The molecule has 0 amide bonds. The average Bonchev–Trinajstić information content (AvgIpc) is 3.14. The van der Waals surface area contributed by atoms with Crippen LogP contribution in [0.5, 0.6) is 0 Å². The van der Waals surface area contributed by atoms with Gasteiger partial charge in [-0.3, -0.25) is 4.98 Å². The maximum Gasteiger partial charge on any atom is 0.422 e. The molecule has 0 unspecified atom stereocenters. The number of carbonyl (C=O) groups is 1. The molecule has 0 aliphatic heterocycles. The van der Waals surface area contributed by atoms with Gasteiger partial charge in [0.05, 0.1) is 5.56 Å². The third-order valence-electron chi connectivity index (χ3n) is 3.97. The van der Waals surface area contributed by atoms with Crippen molar-refractivity contribution in [3.05, 3.63) is 54.4 Å². The summed E-state index contributed by atoms with van der Waals surface area (Å²) in [6.07, 6.45) is -3.46. The van der Waals surface area contributed by atoms with Gasteiger partial charge < -0.3 is 10.1 Å². The molecule has 0 aliphatic carbocycles. The van der Waals surface area contributed by atoms with Crippen molar-refractivity contribution in [2.45, 2.75) is 37.7 Å². The average molecular weight is 466 g/mol. The molecule has 170 valence electrons. The summed E-state index contributed by atoms with van der Waals surface area (Å²) in [4.78, 5) is 16.5. The van der Waals surface area contributed by atoms with Crippen molar-refractivity contribution in [3.8, 4) is 11.4 Å². The van der Waals surface area contributed by atoms with E-state index in [0.717, 1.165) is 16.3 Å². The van der Waals surface area contributed by atoms with E-state index in [-0.39, 0.29) is 16.5 Å². The fourth-order valence-electron chi connectivity index (χ4n) is 2.63. The van der Waals surface area contributed by atoms with Gasteiger partial charge in [0, 0.05) is 35.9 Å². The predicted octanol–water partition coefficient (Wildman–Crippen LogP) is 5.35. The number of nitrogens with one attached hydrogen (secondary N) is 1. The Labute approximate surface area is 187 Å². The van der Waals surface area contributed by atoms with Gasteiger partial charge in [-0.1, -0.05) is 30.0 Å². The number of hydrogen-bond donors (Lipinski definition) is 1. The van der Waals surface area contributed by atoms with Crippen LogP contribution in [-0.4, -0.2) is 43.7 Å². The summed E-state index contributed by atoms with van der Waals surface area (Å²) < 4.78 is 45.9. The number of thioether (sulfide) groups is 1. The van der Waals surface area contributed by atoms with Crippen LogP contribution in [-0.2, 0) is 10.9 Å². The van der Waals surface area contributed by atoms with E-state index in [1.165, 1.54) is 18.0 Å². The molecule has 0 saturated carbocycles. The van der Waals surface area contributed by atoms with Crippen LogP contribution < -0.4 is 5.32 Å². The number of para-hydroxylation sites is 1. The second-order valence-electron chi connectivity index (χ2n) is 7.72. The number of nitrogens with zero attached hydrogens (tertiary/aromatic N) is 4. The number of aromatic nitrogens is 4. The Bertz CT molecular complexity index is 1070. The van der Waals surface area contributed by atoms with Crippen LogP contribution in [0.2, 0.25) is 0 Å². The first-order valence-corrected chi connectivity index (χ1v) is 10.7. The maximum atomic E-state index is 13.1. The Morgan fingerprint density at radius 3 is 2.50 bits per heavy atom. The molecule has 32 heavy (non-hydrogen) atoms. The minimum atomic E-state index is -4.58. The van der Waals surface area contributed by atoms with E-state index in [0.29, 0.717) is 18.5 Å². The first-order valence-electron chi connectivity index (χ1n) is 9.68. The highest BCUT2D eigenvalue weighted by molar-refractivity contribution is 7.99. The number of ether oxygens (including phenoxy) is 1. The molecule has 2 aromatic heterocycles. The molecule has 0 saturated heterocycles. The Morgan fingerprint density at radius 2 is 1.84 bits per heavy atom. The molecule has 1 aromatic carbocycles. The van der Waals surface area contributed by atoms with Gasteiger partial charge in [-0.15, -0.1) is 10.2 Å². The van der Waals surface area contributed by atoms with Gasteiger partial charge in [0.15, 0.2) is 5.82 Å². The highest BCUT2D eigenvalue weighted by Gasteiger charge is 2.32. The number of anilines is 1. The zero-order valence-electron chi connectivity index (χ0n) is 17.7. The summed E-state index contributed by atoms with van der Waals surface area (Å²) in [6, 6.07) is 10.4. The van der Waals surface area contributed by atoms with E-state index < -0.39 is 23.4 Å². The quantitative estimate of drug-likeness (QED) is 0.388. The normalized spacial score (nSPS) is 11.9. The molecule has 3 rings (SSSR count). The number of alkyl halides is 3. The molecular weight excluding hydrogens is 443 g/mol. The number of hydrogen-bond acceptors (Lipinski definition) is 7. The molecule has 3 aromatic rings. The molecule has 0 spiro atoms. The third kappa shape index (κ3) is 6.22. The van der Waals surface area contributed by atoms with Gasteiger partial charge in [-0.25, -0.2) is 9.36 Å². The van der Waals surface area contributed by atoms with Crippen molar-refractivity contribution in [1.82, 2.24) is 19.7 Å². The van der Waals surface area contributed by atoms with Crippen LogP contribution >= 0.6 is 11.8 Å². The monoisotopic (exact) mass is 465 g/mol. The molecule has 2 heterocycles. The second kappa shape index (κ2) is 9.60. The summed E-state index contributed by atoms with van der Waals surface area (Å²) in [5.41, 5.74) is -0.818. The molecular formula is C21H22F3N5O2S. The van der Waals surface area contributed by atoms with Crippen molar-refractivity contribution in [2.24, 2.45) is 0 Å². The summed E-state index contributed by atoms with van der Waals surface area (Å²) in [7, 11) is 0. The van der Waals surface area contributed by atoms with Gasteiger partial charge in [-0.05, 0) is 39.0 Å². The van der Waals surface area contributed by atoms with Gasteiger partial charge in [0.25, 0.3) is 0 Å². The highest BCUT2D eigenvalue weighted by Crippen LogP contribution is 2.32. The van der Waals surface area contributed by atoms with Crippen LogP contribution in [0.4, 0.5) is 23.7 Å². The Kier molecular flexibility index (Phi) is 7.07. The van der Waals surface area contributed by atoms with Crippen LogP contribution in [0.1, 0.15) is 26.3 Å². The highest BCUT2D eigenvalue weighted by atomic mass is 32.2. The summed E-state index contributed by atoms with van der Waals surface area (Å²) in [5, 5.41) is 11.4. The van der Waals surface area contributed by atoms with Gasteiger partial charge in [-0.2, -0.15) is 13.2 Å². The number of carbonyl (C=O) groups excluding carboxylic acids is 1. The fourth-order valence-corrected chi connectivity index (χ4v) is 3.41. The lowest BCUT2D eigenvalue weighted by Gasteiger charge is -2.20. The zero-order chi connectivity index (χ0) is 23.4. The number of benzene rings is 1. The second-order valence-corrected chi connectivity index (χ2v) is 8.79. The lowest BCUT2D eigenvalue weighted by atomic mass is 10.2. The fraction of sp³-hybridized carbons (Fsp3) is 0.333. The molecule has 0 radical (unpaired) electrons. The molecule has 1 N–H and O–H groups in total. The van der Waals surface area contributed by atoms with Crippen LogP contribution in [0.25, 0.3) is 11.4 Å². The summed E-state index contributed by atoms with van der Waals surface area (Å²) >= 11 is 1.23. The van der Waals surface area contributed by atoms with Crippen molar-refractivity contribution >= 4 is 23.5 Å². The topological polar surface area (TPSA) is 81.9 Å². The van der Waals surface area contributed by atoms with E-state index in [4.69, 9.17) is 4.74 Å². The lowest BCUT2D eigenvalue weighted by molar-refractivity contribution is -0.137. The number of rotatable bonds is 6. The molecule has 0 fully saturated rings. The van der Waals surface area contributed by atoms with E-state index in [9.17, 15) is 18.0 Å². The largest absolute Gasteiger partial charge is 0.443 e. The van der Waals surface area contributed by atoms with Crippen molar-refractivity contribution in [3.63, 3.8) is 0 Å². The standard InChI is InChI=1S/C21H22F3N5O2S/c1-20(2,3)31-19(30)29-17(14-11-15(13-25-12-14)21(22,23)24)27-28-18(29)32-10-9-26-16-7-5-4-6-8-16/h4-8,11-13,26H,9-10H2,1-3H3. The minimum Gasteiger partial charge on any atom is -0.443 e. The van der Waals surface area contributed by atoms with Gasteiger partial charge in [0.1, 0.15) is 5.60 Å². The van der Waals surface area contributed by atoms with Gasteiger partial charge in [0.2, 0.25) is 5.16 Å². The molecule has 0 atom stereocenters. The molecule has 7 nitrogen and oxygen atoms in total. The maximum absolute atomic E-state index is 13.1. The predicted molar refractivity (Wildman–Crippen MR) is 116 cm³/mol. The summed E-state index contributed by atoms with van der Waals surface area (Å²) in [6.45, 7) is 5.64. The Morgan fingerprint density at radius 1 is 1.12 bits per heavy atom. The van der Waals surface area contributed by atoms with Crippen LogP contribution in [0, 0.1) is 0 Å². The third-order valence-corrected chi connectivity index (χ3v) is 4.90. The van der Waals surface area contributed by atoms with E-state index in [2.05, 4.69) is 20.5 Å². The minimum absolute atomic E-state index is 0.00689. The van der Waals surface area contributed by atoms with Crippen molar-refractivity contribution in [1.29, 1.82) is 0 Å². The van der Waals surface area contributed by atoms with Crippen LogP contribution in [0.15, 0.2) is 53.9 Å². The number of halogens is 3. The van der Waals surface area contributed by atoms with Crippen molar-refractivity contribution < 1.29 is 22.7 Å². The first kappa shape index (κ1) is 23.6. The molecule has 0 aliphatic rings. The van der Waals surface area contributed by atoms with E-state index in [1.54, 1.807) is 20.8 Å². The van der Waals surface area contributed by atoms with E-state index >= 15 is 0 Å². The Hall–Kier alpha value is -3.08. The van der Waals surface area contributed by atoms with Crippen molar-refractivity contribution in [2.75, 3.05) is 17.6 Å². The smallest absolute Gasteiger partial charge is 0.422 e. The summed E-state index contributed by atoms with van der Waals surface area (Å²) in [5.74, 6) is 0.452. The number of pyridine rings is 1. The Balaban J connectivity index is 1.86. The SMILES string of the molecule is CC(C)(C)OC(=O)n1c(SCCNc2ccccc2)nnc1-c1cncc(C(F)(F)F)c1. The molecule has 11 heteroatoms. The van der Waals surface area contributed by atoms with Gasteiger partial charge >= 0.3 is 12.3 Å². The molecule has 0 bridgehead atoms. The zero-order valence-corrected chi connectivity index (χ0v) is 18.5. The first-order chi connectivity index (χ1) is 15.0.